The lowest BCUT2D eigenvalue weighted by Crippen LogP contribution is -2.08. The Morgan fingerprint density at radius 3 is 2.37 bits per heavy atom. The minimum Gasteiger partial charge on any atom is -0.0806 e. The summed E-state index contributed by atoms with van der Waals surface area (Å²) in [5.41, 5.74) is 1.32. The van der Waals surface area contributed by atoms with Crippen LogP contribution in [0.25, 0.3) is 6.08 Å². The number of rotatable bonds is 9. The van der Waals surface area contributed by atoms with E-state index in [1.165, 1.54) is 44.1 Å². The van der Waals surface area contributed by atoms with Gasteiger partial charge in [-0.3, -0.25) is 0 Å². The topological polar surface area (TPSA) is 0 Å². The molecule has 1 aromatic rings. The fourth-order valence-corrected chi connectivity index (χ4v) is 2.48. The van der Waals surface area contributed by atoms with E-state index in [1.54, 1.807) is 0 Å². The Kier molecular flexibility index (Phi) is 8.29. The summed E-state index contributed by atoms with van der Waals surface area (Å²) < 4.78 is 0. The maximum Gasteiger partial charge on any atom is -0.0205 e. The monoisotopic (exact) mass is 258 g/mol. The van der Waals surface area contributed by atoms with Gasteiger partial charge < -0.3 is 0 Å². The molecule has 0 aliphatic carbocycles. The van der Waals surface area contributed by atoms with Crippen LogP contribution in [-0.2, 0) is 0 Å². The summed E-state index contributed by atoms with van der Waals surface area (Å²) in [6, 6.07) is 10.7. The first-order valence-corrected chi connectivity index (χ1v) is 8.01. The second-order valence-corrected chi connectivity index (χ2v) is 5.67. The van der Waals surface area contributed by atoms with Gasteiger partial charge in [-0.05, 0) is 23.8 Å². The van der Waals surface area contributed by atoms with Crippen molar-refractivity contribution in [2.24, 2.45) is 11.8 Å². The minimum absolute atomic E-state index is 0.738. The van der Waals surface area contributed by atoms with Crippen molar-refractivity contribution in [2.75, 3.05) is 0 Å². The van der Waals surface area contributed by atoms with E-state index in [9.17, 15) is 0 Å². The maximum atomic E-state index is 2.44. The van der Waals surface area contributed by atoms with Crippen molar-refractivity contribution >= 4 is 6.08 Å². The van der Waals surface area contributed by atoms with Crippen LogP contribution < -0.4 is 0 Å². The fourth-order valence-electron chi connectivity index (χ4n) is 2.48. The van der Waals surface area contributed by atoms with Crippen LogP contribution in [0.5, 0.6) is 0 Å². The highest BCUT2D eigenvalue weighted by Crippen LogP contribution is 2.24. The Hall–Kier alpha value is -1.04. The number of benzene rings is 1. The average molecular weight is 258 g/mol. The van der Waals surface area contributed by atoms with Crippen LogP contribution in [-0.4, -0.2) is 0 Å². The van der Waals surface area contributed by atoms with E-state index >= 15 is 0 Å². The summed E-state index contributed by atoms with van der Waals surface area (Å²) in [6.07, 6.45) is 12.8. The standard InChI is InChI=1S/C19H30/c1-4-6-7-11-14-19(17(3)5-2)16-15-18-12-9-8-10-13-18/h8-10,12-13,15-17,19H,4-7,11,14H2,1-3H3/b16-15-. The SMILES string of the molecule is CCCCCCC(/C=C\c1ccccc1)C(C)CC. The molecule has 0 amide bonds. The van der Waals surface area contributed by atoms with Crippen molar-refractivity contribution in [3.8, 4) is 0 Å². The number of hydrogen-bond donors (Lipinski definition) is 0. The average Bonchev–Trinajstić information content (AvgIpc) is 2.47. The minimum atomic E-state index is 0.738. The molecular formula is C19H30. The molecule has 0 aliphatic heterocycles. The van der Waals surface area contributed by atoms with Crippen LogP contribution >= 0.6 is 0 Å². The third kappa shape index (κ3) is 6.61. The molecule has 0 spiro atoms. The lowest BCUT2D eigenvalue weighted by Gasteiger charge is -2.19. The van der Waals surface area contributed by atoms with Crippen LogP contribution in [0.2, 0.25) is 0 Å². The van der Waals surface area contributed by atoms with Crippen molar-refractivity contribution < 1.29 is 0 Å². The largest absolute Gasteiger partial charge is 0.0806 e. The van der Waals surface area contributed by atoms with Crippen LogP contribution in [0, 0.1) is 11.8 Å². The third-order valence-electron chi connectivity index (χ3n) is 4.10. The second kappa shape index (κ2) is 9.83. The van der Waals surface area contributed by atoms with E-state index < -0.39 is 0 Å². The van der Waals surface area contributed by atoms with Gasteiger partial charge in [0.1, 0.15) is 0 Å². The molecule has 0 N–H and O–H groups in total. The van der Waals surface area contributed by atoms with E-state index in [-0.39, 0.29) is 0 Å². The number of hydrogen-bond acceptors (Lipinski definition) is 0. The van der Waals surface area contributed by atoms with E-state index in [1.807, 2.05) is 0 Å². The third-order valence-corrected chi connectivity index (χ3v) is 4.10. The van der Waals surface area contributed by atoms with E-state index in [0.717, 1.165) is 11.8 Å². The molecule has 106 valence electrons. The molecule has 0 saturated carbocycles. The molecule has 0 nitrogen and oxygen atoms in total. The lowest BCUT2D eigenvalue weighted by atomic mass is 9.86. The first kappa shape index (κ1) is 16.0. The Bertz CT molecular complexity index is 336. The van der Waals surface area contributed by atoms with E-state index in [2.05, 4.69) is 63.3 Å². The highest BCUT2D eigenvalue weighted by Gasteiger charge is 2.11. The van der Waals surface area contributed by atoms with Crippen LogP contribution in [0.1, 0.15) is 64.9 Å². The smallest absolute Gasteiger partial charge is 0.0205 e. The van der Waals surface area contributed by atoms with Crippen molar-refractivity contribution in [2.45, 2.75) is 59.3 Å². The van der Waals surface area contributed by atoms with Crippen LogP contribution in [0.4, 0.5) is 0 Å². The van der Waals surface area contributed by atoms with Gasteiger partial charge in [0.15, 0.2) is 0 Å². The molecule has 1 aromatic carbocycles. The zero-order valence-electron chi connectivity index (χ0n) is 12.9. The molecule has 19 heavy (non-hydrogen) atoms. The Morgan fingerprint density at radius 2 is 1.74 bits per heavy atom. The highest BCUT2D eigenvalue weighted by molar-refractivity contribution is 5.48. The first-order chi connectivity index (χ1) is 9.27. The summed E-state index contributed by atoms with van der Waals surface area (Å²) in [5.74, 6) is 1.53. The number of allylic oxidation sites excluding steroid dienone is 1. The molecule has 0 aromatic heterocycles. The Labute approximate surface area is 119 Å². The summed E-state index contributed by atoms with van der Waals surface area (Å²) in [7, 11) is 0. The normalized spacial score (nSPS) is 14.7. The summed E-state index contributed by atoms with van der Waals surface area (Å²) >= 11 is 0. The molecule has 0 saturated heterocycles. The van der Waals surface area contributed by atoms with Crippen molar-refractivity contribution in [3.05, 3.63) is 42.0 Å². The van der Waals surface area contributed by atoms with Gasteiger partial charge in [0, 0.05) is 0 Å². The van der Waals surface area contributed by atoms with Crippen molar-refractivity contribution in [1.29, 1.82) is 0 Å². The van der Waals surface area contributed by atoms with Gasteiger partial charge in [-0.15, -0.1) is 0 Å². The predicted molar refractivity (Wildman–Crippen MR) is 87.2 cm³/mol. The molecule has 1 rings (SSSR count). The molecule has 0 fully saturated rings. The van der Waals surface area contributed by atoms with E-state index in [4.69, 9.17) is 0 Å². The molecule has 0 bridgehead atoms. The van der Waals surface area contributed by atoms with Gasteiger partial charge in [-0.25, -0.2) is 0 Å². The summed E-state index contributed by atoms with van der Waals surface area (Å²) in [6.45, 7) is 6.97. The first-order valence-electron chi connectivity index (χ1n) is 8.01. The maximum absolute atomic E-state index is 2.44. The summed E-state index contributed by atoms with van der Waals surface area (Å²) in [4.78, 5) is 0. The van der Waals surface area contributed by atoms with Gasteiger partial charge >= 0.3 is 0 Å². The molecule has 2 unspecified atom stereocenters. The summed E-state index contributed by atoms with van der Waals surface area (Å²) in [5, 5.41) is 0. The van der Waals surface area contributed by atoms with Gasteiger partial charge in [0.2, 0.25) is 0 Å². The predicted octanol–water partition coefficient (Wildman–Crippen LogP) is 6.33. The molecule has 0 radical (unpaired) electrons. The van der Waals surface area contributed by atoms with Gasteiger partial charge in [0.25, 0.3) is 0 Å². The zero-order chi connectivity index (χ0) is 13.9. The van der Waals surface area contributed by atoms with Crippen molar-refractivity contribution in [1.82, 2.24) is 0 Å². The Balaban J connectivity index is 2.51. The van der Waals surface area contributed by atoms with Crippen LogP contribution in [0.3, 0.4) is 0 Å². The zero-order valence-corrected chi connectivity index (χ0v) is 12.9. The molecule has 0 heterocycles. The van der Waals surface area contributed by atoms with Crippen molar-refractivity contribution in [3.63, 3.8) is 0 Å². The fraction of sp³-hybridized carbons (Fsp3) is 0.579. The van der Waals surface area contributed by atoms with Gasteiger partial charge in [-0.1, -0.05) is 95.4 Å². The highest BCUT2D eigenvalue weighted by atomic mass is 14.2. The van der Waals surface area contributed by atoms with Gasteiger partial charge in [0.05, 0.1) is 0 Å². The molecular weight excluding hydrogens is 228 g/mol. The van der Waals surface area contributed by atoms with Crippen LogP contribution in [0.15, 0.2) is 36.4 Å². The quantitative estimate of drug-likeness (QED) is 0.454. The molecule has 2 atom stereocenters. The van der Waals surface area contributed by atoms with Gasteiger partial charge in [-0.2, -0.15) is 0 Å². The molecule has 0 heteroatoms. The number of unbranched alkanes of at least 4 members (excludes halogenated alkanes) is 3. The Morgan fingerprint density at radius 1 is 1.00 bits per heavy atom. The van der Waals surface area contributed by atoms with E-state index in [0.29, 0.717) is 0 Å². The second-order valence-electron chi connectivity index (χ2n) is 5.67. The lowest BCUT2D eigenvalue weighted by molar-refractivity contribution is 0.380. The molecule has 0 aliphatic rings.